The zero-order valence-corrected chi connectivity index (χ0v) is 19.2. The van der Waals surface area contributed by atoms with Crippen molar-refractivity contribution >= 4 is 23.3 Å². The molecule has 4 rings (SSSR count). The first kappa shape index (κ1) is 23.9. The van der Waals surface area contributed by atoms with Crippen LogP contribution in [0.15, 0.2) is 48.8 Å². The van der Waals surface area contributed by atoms with E-state index in [0.29, 0.717) is 47.8 Å². The summed E-state index contributed by atoms with van der Waals surface area (Å²) in [6.07, 6.45) is 0.745. The lowest BCUT2D eigenvalue weighted by Gasteiger charge is -2.33. The molecule has 0 aliphatic carbocycles. The second-order valence-electron chi connectivity index (χ2n) is 8.02. The average molecular weight is 490 g/mol. The van der Waals surface area contributed by atoms with Crippen LogP contribution in [0.1, 0.15) is 31.7 Å². The van der Waals surface area contributed by atoms with Gasteiger partial charge in [0.05, 0.1) is 17.5 Å². The predicted molar refractivity (Wildman–Crippen MR) is 124 cm³/mol. The molecule has 1 fully saturated rings. The van der Waals surface area contributed by atoms with Crippen molar-refractivity contribution < 1.29 is 18.0 Å². The Labute approximate surface area is 200 Å². The summed E-state index contributed by atoms with van der Waals surface area (Å²) < 4.78 is 39.0. The van der Waals surface area contributed by atoms with E-state index in [-0.39, 0.29) is 17.1 Å². The van der Waals surface area contributed by atoms with Crippen LogP contribution in [0.5, 0.6) is 0 Å². The van der Waals surface area contributed by atoms with Gasteiger partial charge in [0.25, 0.3) is 0 Å². The summed E-state index contributed by atoms with van der Waals surface area (Å²) in [5.74, 6) is 0.665. The van der Waals surface area contributed by atoms with Gasteiger partial charge < -0.3 is 10.2 Å². The number of alkyl halides is 3. The Morgan fingerprint density at radius 1 is 1.12 bits per heavy atom. The maximum atomic E-state index is 13.0. The van der Waals surface area contributed by atoms with Crippen molar-refractivity contribution in [3.05, 3.63) is 59.5 Å². The van der Waals surface area contributed by atoms with Crippen LogP contribution in [0.25, 0.3) is 22.5 Å². The quantitative estimate of drug-likeness (QED) is 0.488. The van der Waals surface area contributed by atoms with Crippen molar-refractivity contribution in [2.24, 2.45) is 0 Å². The molecule has 0 spiro atoms. The van der Waals surface area contributed by atoms with Crippen LogP contribution in [-0.4, -0.2) is 40.0 Å². The first-order chi connectivity index (χ1) is 16.3. The molecule has 1 aliphatic heterocycles. The van der Waals surface area contributed by atoms with Gasteiger partial charge in [-0.3, -0.25) is 9.78 Å². The molecule has 3 heterocycles. The van der Waals surface area contributed by atoms with E-state index in [0.717, 1.165) is 25.0 Å². The molecular weight excluding hydrogens is 467 g/mol. The number of carbonyl (C=O) groups is 1. The molecule has 3 aromatic rings. The van der Waals surface area contributed by atoms with E-state index in [4.69, 9.17) is 16.6 Å². The van der Waals surface area contributed by atoms with Crippen molar-refractivity contribution in [2.45, 2.75) is 38.4 Å². The molecule has 1 aliphatic rings. The number of amides is 1. The number of hydrogen-bond acceptors (Lipinski definition) is 5. The van der Waals surface area contributed by atoms with Gasteiger partial charge in [-0.2, -0.15) is 13.2 Å². The van der Waals surface area contributed by atoms with Crippen LogP contribution in [0.4, 0.5) is 19.0 Å². The van der Waals surface area contributed by atoms with Crippen molar-refractivity contribution in [3.63, 3.8) is 0 Å². The normalized spacial score (nSPS) is 14.8. The number of halogens is 4. The molecule has 0 bridgehead atoms. The summed E-state index contributed by atoms with van der Waals surface area (Å²) in [6.45, 7) is 3.19. The predicted octanol–water partition coefficient (Wildman–Crippen LogP) is 5.37. The number of nitrogens with zero attached hydrogens (tertiary/aromatic N) is 4. The minimum Gasteiger partial charge on any atom is -0.355 e. The molecule has 178 valence electrons. The summed E-state index contributed by atoms with van der Waals surface area (Å²) in [5.41, 5.74) is 1.15. The smallest absolute Gasteiger partial charge is 0.355 e. The van der Waals surface area contributed by atoms with Crippen LogP contribution in [-0.2, 0) is 11.0 Å². The molecule has 6 nitrogen and oxygen atoms in total. The van der Waals surface area contributed by atoms with E-state index in [9.17, 15) is 18.0 Å². The van der Waals surface area contributed by atoms with Gasteiger partial charge in [0, 0.05) is 42.9 Å². The minimum atomic E-state index is -4.42. The van der Waals surface area contributed by atoms with Crippen LogP contribution in [0.3, 0.4) is 0 Å². The van der Waals surface area contributed by atoms with E-state index in [1.807, 2.05) is 6.92 Å². The van der Waals surface area contributed by atoms with E-state index >= 15 is 0 Å². The Balaban J connectivity index is 1.66. The van der Waals surface area contributed by atoms with E-state index < -0.39 is 11.7 Å². The number of pyridine rings is 1. The van der Waals surface area contributed by atoms with E-state index in [1.165, 1.54) is 12.1 Å². The third kappa shape index (κ3) is 5.30. The lowest BCUT2D eigenvalue weighted by atomic mass is 10.0. The zero-order chi connectivity index (χ0) is 24.3. The Morgan fingerprint density at radius 3 is 2.44 bits per heavy atom. The van der Waals surface area contributed by atoms with Gasteiger partial charge in [-0.05, 0) is 37.1 Å². The Bertz CT molecular complexity index is 1160. The second-order valence-corrected chi connectivity index (χ2v) is 8.38. The highest BCUT2D eigenvalue weighted by Gasteiger charge is 2.30. The van der Waals surface area contributed by atoms with Gasteiger partial charge in [-0.1, -0.05) is 30.7 Å². The summed E-state index contributed by atoms with van der Waals surface area (Å²) in [6, 6.07) is 8.39. The lowest BCUT2D eigenvalue weighted by Crippen LogP contribution is -2.44. The Hall–Kier alpha value is -3.20. The number of hydrogen-bond donors (Lipinski definition) is 1. The number of nitrogens with one attached hydrogen (secondary N) is 1. The molecule has 0 atom stereocenters. The van der Waals surface area contributed by atoms with Gasteiger partial charge in [0.15, 0.2) is 0 Å². The molecule has 1 N–H and O–H groups in total. The molecule has 10 heteroatoms. The third-order valence-electron chi connectivity index (χ3n) is 5.76. The fourth-order valence-electron chi connectivity index (χ4n) is 3.89. The van der Waals surface area contributed by atoms with Crippen LogP contribution < -0.4 is 10.2 Å². The summed E-state index contributed by atoms with van der Waals surface area (Å²) in [4.78, 5) is 27.3. The first-order valence-electron chi connectivity index (χ1n) is 11.0. The Morgan fingerprint density at radius 2 is 1.82 bits per heavy atom. The number of rotatable bonds is 5. The highest BCUT2D eigenvalue weighted by molar-refractivity contribution is 6.32. The number of piperidine rings is 1. The molecule has 1 saturated heterocycles. The SMILES string of the molecule is CCC(=O)NC1CCN(c2cnc(-c3ccc(C(F)(F)F)cc3)c(-c3cccnc3Cl)n2)CC1. The van der Waals surface area contributed by atoms with Crippen molar-refractivity contribution in [3.8, 4) is 22.5 Å². The largest absolute Gasteiger partial charge is 0.416 e. The Kier molecular flexibility index (Phi) is 7.02. The fourth-order valence-corrected chi connectivity index (χ4v) is 4.10. The van der Waals surface area contributed by atoms with Gasteiger partial charge in [-0.25, -0.2) is 9.97 Å². The second kappa shape index (κ2) is 9.97. The van der Waals surface area contributed by atoms with Crippen LogP contribution in [0, 0.1) is 0 Å². The number of aromatic nitrogens is 3. The van der Waals surface area contributed by atoms with Gasteiger partial charge >= 0.3 is 6.18 Å². The molecule has 34 heavy (non-hydrogen) atoms. The highest BCUT2D eigenvalue weighted by atomic mass is 35.5. The van der Waals surface area contributed by atoms with Crippen molar-refractivity contribution in [1.82, 2.24) is 20.3 Å². The minimum absolute atomic E-state index is 0.0349. The van der Waals surface area contributed by atoms with Crippen LogP contribution >= 0.6 is 11.6 Å². The van der Waals surface area contributed by atoms with Gasteiger partial charge in [-0.15, -0.1) is 0 Å². The monoisotopic (exact) mass is 489 g/mol. The third-order valence-corrected chi connectivity index (χ3v) is 6.07. The maximum absolute atomic E-state index is 13.0. The lowest BCUT2D eigenvalue weighted by molar-refractivity contribution is -0.137. The molecule has 0 unspecified atom stereocenters. The molecule has 2 aromatic heterocycles. The van der Waals surface area contributed by atoms with E-state index in [1.54, 1.807) is 24.5 Å². The summed E-state index contributed by atoms with van der Waals surface area (Å²) in [5, 5.41) is 3.25. The number of anilines is 1. The molecule has 0 radical (unpaired) electrons. The zero-order valence-electron chi connectivity index (χ0n) is 18.4. The van der Waals surface area contributed by atoms with Crippen molar-refractivity contribution in [2.75, 3.05) is 18.0 Å². The standard InChI is InChI=1S/C24H23ClF3N5O/c1-2-20(34)31-17-9-12-33(13-10-17)19-14-30-21(15-5-7-16(8-6-15)24(26,27)28)22(32-19)18-4-3-11-29-23(18)25/h3-8,11,14,17H,2,9-10,12-13H2,1H3,(H,31,34). The molecular formula is C24H23ClF3N5O. The topological polar surface area (TPSA) is 71.0 Å². The average Bonchev–Trinajstić information content (AvgIpc) is 2.84. The van der Waals surface area contributed by atoms with Crippen LogP contribution in [0.2, 0.25) is 5.15 Å². The molecule has 1 amide bonds. The highest BCUT2D eigenvalue weighted by Crippen LogP contribution is 2.36. The summed E-state index contributed by atoms with van der Waals surface area (Å²) >= 11 is 6.34. The number of benzene rings is 1. The van der Waals surface area contributed by atoms with Gasteiger partial charge in [0.1, 0.15) is 16.7 Å². The van der Waals surface area contributed by atoms with Crippen molar-refractivity contribution in [1.29, 1.82) is 0 Å². The molecule has 0 saturated carbocycles. The first-order valence-corrected chi connectivity index (χ1v) is 11.3. The van der Waals surface area contributed by atoms with E-state index in [2.05, 4.69) is 20.2 Å². The maximum Gasteiger partial charge on any atom is 0.416 e. The van der Waals surface area contributed by atoms with Gasteiger partial charge in [0.2, 0.25) is 5.91 Å². The summed E-state index contributed by atoms with van der Waals surface area (Å²) in [7, 11) is 0. The molecule has 1 aromatic carbocycles. The number of carbonyl (C=O) groups excluding carboxylic acids is 1. The fraction of sp³-hybridized carbons (Fsp3) is 0.333.